The van der Waals surface area contributed by atoms with Gasteiger partial charge in [-0.05, 0) is 28.1 Å². The number of thiophene rings is 1. The SMILES string of the molecule is N=C(Br)c1c(N)cccc1NC(=O)c1csc2c(N)ncnc12. The van der Waals surface area contributed by atoms with Crippen LogP contribution in [0.4, 0.5) is 17.2 Å². The number of nitrogen functional groups attached to an aromatic ring is 2. The highest BCUT2D eigenvalue weighted by atomic mass is 79.9. The lowest BCUT2D eigenvalue weighted by Gasteiger charge is -2.11. The fourth-order valence-electron chi connectivity index (χ4n) is 2.14. The van der Waals surface area contributed by atoms with Crippen molar-refractivity contribution in [3.63, 3.8) is 0 Å². The van der Waals surface area contributed by atoms with E-state index in [1.807, 2.05) is 0 Å². The first-order valence-electron chi connectivity index (χ1n) is 6.41. The topological polar surface area (TPSA) is 131 Å². The largest absolute Gasteiger partial charge is 0.398 e. The van der Waals surface area contributed by atoms with E-state index < -0.39 is 0 Å². The van der Waals surface area contributed by atoms with E-state index >= 15 is 0 Å². The molecule has 2 aromatic heterocycles. The number of nitrogens with two attached hydrogens (primary N) is 2. The molecule has 1 aromatic carbocycles. The fraction of sp³-hybridized carbons (Fsp3) is 0. The summed E-state index contributed by atoms with van der Waals surface area (Å²) in [5.74, 6) is -0.0131. The Labute approximate surface area is 143 Å². The molecule has 6 N–H and O–H groups in total. The first-order valence-corrected chi connectivity index (χ1v) is 8.08. The van der Waals surface area contributed by atoms with Crippen LogP contribution in [0.5, 0.6) is 0 Å². The molecule has 0 unspecified atom stereocenters. The standard InChI is InChI=1S/C14H11BrN6OS/c15-12(17)9-7(16)2-1-3-8(9)21-14(22)6-4-23-11-10(6)19-5-20-13(11)18/h1-5,17H,16H2,(H,21,22)(H2,18,19,20). The molecule has 0 spiro atoms. The Kier molecular flexibility index (Phi) is 3.97. The third-order valence-corrected chi connectivity index (χ3v) is 4.58. The number of nitrogens with one attached hydrogen (secondary N) is 2. The summed E-state index contributed by atoms with van der Waals surface area (Å²) >= 11 is 4.40. The van der Waals surface area contributed by atoms with Gasteiger partial charge in [0.05, 0.1) is 27.0 Å². The molecule has 0 bridgehead atoms. The zero-order valence-electron chi connectivity index (χ0n) is 11.6. The Hall–Kier alpha value is -2.52. The lowest BCUT2D eigenvalue weighted by atomic mass is 10.1. The van der Waals surface area contributed by atoms with Crippen molar-refractivity contribution >= 4 is 65.2 Å². The summed E-state index contributed by atoms with van der Waals surface area (Å²) < 4.78 is 0.756. The highest BCUT2D eigenvalue weighted by Crippen LogP contribution is 2.29. The summed E-state index contributed by atoms with van der Waals surface area (Å²) in [5, 5.41) is 12.2. The Morgan fingerprint density at radius 1 is 1.30 bits per heavy atom. The van der Waals surface area contributed by atoms with E-state index in [9.17, 15) is 4.79 Å². The van der Waals surface area contributed by atoms with E-state index in [4.69, 9.17) is 16.9 Å². The van der Waals surface area contributed by atoms with Crippen molar-refractivity contribution in [2.45, 2.75) is 0 Å². The highest BCUT2D eigenvalue weighted by molar-refractivity contribution is 9.18. The van der Waals surface area contributed by atoms with E-state index in [0.29, 0.717) is 38.5 Å². The number of anilines is 3. The molecule has 23 heavy (non-hydrogen) atoms. The van der Waals surface area contributed by atoms with Gasteiger partial charge in [-0.1, -0.05) is 6.07 Å². The van der Waals surface area contributed by atoms with Crippen LogP contribution in [0.2, 0.25) is 0 Å². The highest BCUT2D eigenvalue weighted by Gasteiger charge is 2.18. The van der Waals surface area contributed by atoms with Crippen LogP contribution in [0, 0.1) is 5.41 Å². The minimum atomic E-state index is -0.352. The van der Waals surface area contributed by atoms with Gasteiger partial charge in [-0.15, -0.1) is 11.3 Å². The summed E-state index contributed by atoms with van der Waals surface area (Å²) in [7, 11) is 0. The number of rotatable bonds is 3. The zero-order valence-corrected chi connectivity index (χ0v) is 14.0. The number of carbonyl (C=O) groups is 1. The molecule has 7 nitrogen and oxygen atoms in total. The molecule has 0 aliphatic rings. The monoisotopic (exact) mass is 390 g/mol. The number of halogens is 1. The average molecular weight is 391 g/mol. The molecule has 0 radical (unpaired) electrons. The number of carbonyl (C=O) groups excluding carboxylic acids is 1. The lowest BCUT2D eigenvalue weighted by Crippen LogP contribution is -2.14. The molecule has 0 aliphatic heterocycles. The maximum Gasteiger partial charge on any atom is 0.258 e. The van der Waals surface area contributed by atoms with Gasteiger partial charge < -0.3 is 16.8 Å². The fourth-order valence-corrected chi connectivity index (χ4v) is 3.48. The van der Waals surface area contributed by atoms with Crippen LogP contribution >= 0.6 is 27.3 Å². The lowest BCUT2D eigenvalue weighted by molar-refractivity contribution is 0.102. The van der Waals surface area contributed by atoms with Crippen LogP contribution in [0.3, 0.4) is 0 Å². The van der Waals surface area contributed by atoms with Crippen molar-refractivity contribution in [3.05, 3.63) is 41.0 Å². The summed E-state index contributed by atoms with van der Waals surface area (Å²) in [6.45, 7) is 0. The minimum Gasteiger partial charge on any atom is -0.398 e. The Morgan fingerprint density at radius 3 is 2.83 bits per heavy atom. The van der Waals surface area contributed by atoms with Crippen molar-refractivity contribution in [3.8, 4) is 0 Å². The molecule has 0 fully saturated rings. The zero-order chi connectivity index (χ0) is 16.6. The Bertz CT molecular complexity index is 938. The number of hydrogen-bond acceptors (Lipinski definition) is 7. The molecule has 3 aromatic rings. The van der Waals surface area contributed by atoms with Crippen LogP contribution in [-0.4, -0.2) is 20.5 Å². The first-order chi connectivity index (χ1) is 11.0. The van der Waals surface area contributed by atoms with Gasteiger partial charge in [0.2, 0.25) is 0 Å². The number of amides is 1. The van der Waals surface area contributed by atoms with Gasteiger partial charge in [0.15, 0.2) is 0 Å². The number of aromatic nitrogens is 2. The van der Waals surface area contributed by atoms with Gasteiger partial charge in [0.1, 0.15) is 16.8 Å². The predicted molar refractivity (Wildman–Crippen MR) is 96.4 cm³/mol. The van der Waals surface area contributed by atoms with Crippen molar-refractivity contribution in [2.24, 2.45) is 0 Å². The maximum atomic E-state index is 12.6. The van der Waals surface area contributed by atoms with E-state index in [-0.39, 0.29) is 10.5 Å². The van der Waals surface area contributed by atoms with Crippen LogP contribution < -0.4 is 16.8 Å². The van der Waals surface area contributed by atoms with Gasteiger partial charge in [0, 0.05) is 11.1 Å². The molecule has 0 saturated heterocycles. The molecule has 116 valence electrons. The van der Waals surface area contributed by atoms with Gasteiger partial charge in [0.25, 0.3) is 5.91 Å². The van der Waals surface area contributed by atoms with Gasteiger partial charge in [-0.25, -0.2) is 9.97 Å². The van der Waals surface area contributed by atoms with Gasteiger partial charge >= 0.3 is 0 Å². The molecular formula is C14H11BrN6OS. The second-order valence-electron chi connectivity index (χ2n) is 4.62. The van der Waals surface area contributed by atoms with Crippen LogP contribution in [0.25, 0.3) is 10.2 Å². The quantitative estimate of drug-likeness (QED) is 0.403. The molecule has 3 rings (SSSR count). The van der Waals surface area contributed by atoms with Gasteiger partial charge in [-0.3, -0.25) is 10.2 Å². The second kappa shape index (κ2) is 5.94. The number of benzene rings is 1. The molecule has 9 heteroatoms. The summed E-state index contributed by atoms with van der Waals surface area (Å²) in [5.41, 5.74) is 13.8. The van der Waals surface area contributed by atoms with E-state index in [1.165, 1.54) is 17.7 Å². The van der Waals surface area contributed by atoms with Crippen LogP contribution in [0.15, 0.2) is 29.9 Å². The van der Waals surface area contributed by atoms with Crippen molar-refractivity contribution in [1.82, 2.24) is 9.97 Å². The molecule has 2 heterocycles. The Morgan fingerprint density at radius 2 is 2.09 bits per heavy atom. The molecule has 0 saturated carbocycles. The number of hydrogen-bond donors (Lipinski definition) is 4. The summed E-state index contributed by atoms with van der Waals surface area (Å²) in [6.07, 6.45) is 1.32. The van der Waals surface area contributed by atoms with Crippen molar-refractivity contribution in [2.75, 3.05) is 16.8 Å². The molecular weight excluding hydrogens is 380 g/mol. The van der Waals surface area contributed by atoms with E-state index in [2.05, 4.69) is 31.2 Å². The second-order valence-corrected chi connectivity index (χ2v) is 6.30. The van der Waals surface area contributed by atoms with Crippen LogP contribution in [0.1, 0.15) is 15.9 Å². The normalized spacial score (nSPS) is 10.7. The third-order valence-electron chi connectivity index (χ3n) is 3.19. The van der Waals surface area contributed by atoms with E-state index in [1.54, 1.807) is 23.6 Å². The average Bonchev–Trinajstić information content (AvgIpc) is 2.92. The van der Waals surface area contributed by atoms with Crippen molar-refractivity contribution in [1.29, 1.82) is 5.41 Å². The van der Waals surface area contributed by atoms with Crippen LogP contribution in [-0.2, 0) is 0 Å². The molecule has 0 atom stereocenters. The number of nitrogens with zero attached hydrogens (tertiary/aromatic N) is 2. The summed E-state index contributed by atoms with van der Waals surface area (Å²) in [4.78, 5) is 20.6. The first kappa shape index (κ1) is 15.4. The maximum absolute atomic E-state index is 12.6. The molecule has 1 amide bonds. The number of fused-ring (bicyclic) bond motifs is 1. The van der Waals surface area contributed by atoms with Crippen molar-refractivity contribution < 1.29 is 4.79 Å². The van der Waals surface area contributed by atoms with E-state index in [0.717, 1.165) is 0 Å². The predicted octanol–water partition coefficient (Wildman–Crippen LogP) is 2.83. The minimum absolute atomic E-state index is 0.0904. The molecule has 0 aliphatic carbocycles. The summed E-state index contributed by atoms with van der Waals surface area (Å²) in [6, 6.07) is 5.04. The van der Waals surface area contributed by atoms with Gasteiger partial charge in [-0.2, -0.15) is 0 Å². The third kappa shape index (κ3) is 2.76. The Balaban J connectivity index is 2.01. The smallest absolute Gasteiger partial charge is 0.258 e.